The highest BCUT2D eigenvalue weighted by atomic mass is 35.5. The zero-order chi connectivity index (χ0) is 36.7. The topological polar surface area (TPSA) is 147 Å². The van der Waals surface area contributed by atoms with E-state index in [9.17, 15) is 19.0 Å². The maximum Gasteiger partial charge on any atom is 0.244 e. The van der Waals surface area contributed by atoms with E-state index in [1.54, 1.807) is 54.9 Å². The van der Waals surface area contributed by atoms with E-state index in [-0.39, 0.29) is 48.2 Å². The Balaban J connectivity index is 0.000000181. The van der Waals surface area contributed by atoms with E-state index >= 15 is 0 Å². The van der Waals surface area contributed by atoms with Crippen molar-refractivity contribution < 1.29 is 28.0 Å². The van der Waals surface area contributed by atoms with Gasteiger partial charge in [0.25, 0.3) is 0 Å². The summed E-state index contributed by atoms with van der Waals surface area (Å²) in [6.45, 7) is 0.583. The third-order valence-electron chi connectivity index (χ3n) is 8.79. The molecule has 0 amide bonds. The third kappa shape index (κ3) is 9.58. The zero-order valence-electron chi connectivity index (χ0n) is 28.9. The summed E-state index contributed by atoms with van der Waals surface area (Å²) in [6, 6.07) is 19.3. The monoisotopic (exact) mass is 749 g/mol. The fourth-order valence-electron chi connectivity index (χ4n) is 6.04. The molecule has 4 aromatic heterocycles. The van der Waals surface area contributed by atoms with Crippen LogP contribution in [-0.4, -0.2) is 71.2 Å². The van der Waals surface area contributed by atoms with Crippen molar-refractivity contribution >= 4 is 12.4 Å². The van der Waals surface area contributed by atoms with Crippen LogP contribution in [0.25, 0.3) is 23.0 Å². The fourth-order valence-corrected chi connectivity index (χ4v) is 6.04. The molecule has 14 heteroatoms. The quantitative estimate of drug-likeness (QED) is 0.201. The molecule has 5 heterocycles. The second-order valence-corrected chi connectivity index (χ2v) is 12.8. The molecule has 0 bridgehead atoms. The molecule has 1 aliphatic heterocycles. The van der Waals surface area contributed by atoms with Crippen LogP contribution in [-0.2, 0) is 0 Å². The summed E-state index contributed by atoms with van der Waals surface area (Å²) >= 11 is 0. The molecule has 0 spiro atoms. The SMILES string of the molecule is CN1C[C@H](O)C[C@H]1c1nc(-c2ccc(C#Cc3cccc(F)c3)cn2)no1.Cl.O[C@H]1CC[C@H](c2nc(-c3ccc(C#Cc4cccc(F)c4)cn3)no2)C1. The molecule has 54 heavy (non-hydrogen) atoms. The first-order chi connectivity index (χ1) is 25.8. The lowest BCUT2D eigenvalue weighted by Crippen LogP contribution is -2.19. The Morgan fingerprint density at radius 2 is 1.20 bits per heavy atom. The Bertz CT molecular complexity index is 2310. The molecule has 0 radical (unpaired) electrons. The summed E-state index contributed by atoms with van der Waals surface area (Å²) in [7, 11) is 1.91. The lowest BCUT2D eigenvalue weighted by atomic mass is 10.1. The molecule has 2 aromatic carbocycles. The zero-order valence-corrected chi connectivity index (χ0v) is 29.7. The van der Waals surface area contributed by atoms with Gasteiger partial charge in [-0.15, -0.1) is 12.4 Å². The number of nitrogens with zero attached hydrogens (tertiary/aromatic N) is 7. The smallest absolute Gasteiger partial charge is 0.244 e. The van der Waals surface area contributed by atoms with Gasteiger partial charge in [-0.1, -0.05) is 46.1 Å². The Morgan fingerprint density at radius 3 is 1.67 bits per heavy atom. The molecule has 8 rings (SSSR count). The van der Waals surface area contributed by atoms with E-state index in [4.69, 9.17) is 9.05 Å². The van der Waals surface area contributed by atoms with Gasteiger partial charge < -0.3 is 19.3 Å². The van der Waals surface area contributed by atoms with Gasteiger partial charge >= 0.3 is 0 Å². The predicted octanol–water partition coefficient (Wildman–Crippen LogP) is 6.13. The number of aliphatic hydroxyl groups excluding tert-OH is 2. The summed E-state index contributed by atoms with van der Waals surface area (Å²) < 4.78 is 37.0. The van der Waals surface area contributed by atoms with Crippen LogP contribution >= 0.6 is 12.4 Å². The molecule has 11 nitrogen and oxygen atoms in total. The van der Waals surface area contributed by atoms with Crippen molar-refractivity contribution in [2.24, 2.45) is 0 Å². The lowest BCUT2D eigenvalue weighted by molar-refractivity contribution is 0.179. The molecular formula is C40H34ClF2N7O4. The average molecular weight is 750 g/mol. The van der Waals surface area contributed by atoms with Gasteiger partial charge in [-0.2, -0.15) is 9.97 Å². The summed E-state index contributed by atoms with van der Waals surface area (Å²) in [4.78, 5) is 19.4. The van der Waals surface area contributed by atoms with Crippen LogP contribution in [0.15, 0.2) is 94.2 Å². The van der Waals surface area contributed by atoms with Gasteiger partial charge in [0.1, 0.15) is 23.0 Å². The van der Waals surface area contributed by atoms with Crippen molar-refractivity contribution in [1.82, 2.24) is 35.1 Å². The van der Waals surface area contributed by atoms with Crippen molar-refractivity contribution in [1.29, 1.82) is 0 Å². The van der Waals surface area contributed by atoms with E-state index in [0.717, 1.165) is 12.8 Å². The Morgan fingerprint density at radius 1 is 0.667 bits per heavy atom. The van der Waals surface area contributed by atoms with E-state index in [1.165, 1.54) is 24.3 Å². The minimum atomic E-state index is -0.385. The van der Waals surface area contributed by atoms with Crippen molar-refractivity contribution in [3.05, 3.63) is 131 Å². The standard InChI is InChI=1S/C20H17FN4O2.C20H16FN3O2.ClH/c1-25-12-16(26)10-18(25)20-23-19(24-27-20)17-8-7-14(11-22-17)6-5-13-3-2-4-15(21)9-13;21-16-3-1-2-13(10-16)4-5-14-6-9-18(22-12-14)19-23-20(26-24-19)15-7-8-17(25)11-15;/h2-4,7-9,11,16,18,26H,10,12H2,1H3;1-3,6,9-10,12,15,17,25H,7-8,11H2;1H/t16-,18+;15-,17-;/m10./s1. The Hall–Kier alpha value is -5.83. The first-order valence-electron chi connectivity index (χ1n) is 17.0. The molecule has 6 aromatic rings. The molecule has 2 fully saturated rings. The maximum absolute atomic E-state index is 13.2. The number of pyridine rings is 2. The number of hydrogen-bond acceptors (Lipinski definition) is 11. The van der Waals surface area contributed by atoms with Crippen molar-refractivity contribution in [3.63, 3.8) is 0 Å². The van der Waals surface area contributed by atoms with Crippen molar-refractivity contribution in [2.45, 2.75) is 49.9 Å². The van der Waals surface area contributed by atoms with Gasteiger partial charge in [0.05, 0.1) is 18.2 Å². The van der Waals surface area contributed by atoms with Gasteiger partial charge in [-0.05, 0) is 93.4 Å². The second-order valence-electron chi connectivity index (χ2n) is 12.8. The number of hydrogen-bond donors (Lipinski definition) is 2. The van der Waals surface area contributed by atoms with Gasteiger partial charge in [0, 0.05) is 47.1 Å². The van der Waals surface area contributed by atoms with Crippen LogP contribution in [0, 0.1) is 35.3 Å². The fraction of sp³-hybridized carbons (Fsp3) is 0.250. The van der Waals surface area contributed by atoms with Gasteiger partial charge in [0.2, 0.25) is 23.4 Å². The number of aromatic nitrogens is 6. The molecule has 1 saturated carbocycles. The van der Waals surface area contributed by atoms with Crippen LogP contribution in [0.3, 0.4) is 0 Å². The summed E-state index contributed by atoms with van der Waals surface area (Å²) in [5, 5.41) is 27.4. The molecule has 4 atom stereocenters. The maximum atomic E-state index is 13.2. The molecule has 2 N–H and O–H groups in total. The van der Waals surface area contributed by atoms with Crippen molar-refractivity contribution in [2.75, 3.05) is 13.6 Å². The lowest BCUT2D eigenvalue weighted by Gasteiger charge is -2.13. The van der Waals surface area contributed by atoms with Crippen molar-refractivity contribution in [3.8, 4) is 46.7 Å². The Labute approximate surface area is 315 Å². The van der Waals surface area contributed by atoms with Gasteiger partial charge in [-0.3, -0.25) is 14.9 Å². The molecule has 1 saturated heterocycles. The molecule has 1 aliphatic carbocycles. The summed E-state index contributed by atoms with van der Waals surface area (Å²) in [5.41, 5.74) is 3.78. The molecular weight excluding hydrogens is 716 g/mol. The predicted molar refractivity (Wildman–Crippen MR) is 196 cm³/mol. The number of rotatable bonds is 4. The largest absolute Gasteiger partial charge is 0.393 e. The highest BCUT2D eigenvalue weighted by Crippen LogP contribution is 2.34. The van der Waals surface area contributed by atoms with Crippen LogP contribution in [0.2, 0.25) is 0 Å². The van der Waals surface area contributed by atoms with Gasteiger partial charge in [0.15, 0.2) is 0 Å². The summed E-state index contributed by atoms with van der Waals surface area (Å²) in [6.07, 6.45) is 5.41. The second kappa shape index (κ2) is 17.3. The number of likely N-dealkylation sites (tertiary alicyclic amines) is 1. The number of likely N-dealkylation sites (N-methyl/N-ethyl adjacent to an activating group) is 1. The van der Waals surface area contributed by atoms with Crippen LogP contribution < -0.4 is 0 Å². The van der Waals surface area contributed by atoms with Crippen LogP contribution in [0.5, 0.6) is 0 Å². The first-order valence-corrected chi connectivity index (χ1v) is 17.0. The van der Waals surface area contributed by atoms with Crippen LogP contribution in [0.4, 0.5) is 8.78 Å². The highest BCUT2D eigenvalue weighted by molar-refractivity contribution is 5.85. The molecule has 0 unspecified atom stereocenters. The number of halogens is 3. The molecule has 2 aliphatic rings. The van der Waals surface area contributed by atoms with Gasteiger partial charge in [-0.25, -0.2) is 8.78 Å². The normalized spacial score (nSPS) is 19.1. The Kier molecular flexibility index (Phi) is 12.2. The average Bonchev–Trinajstić information content (AvgIpc) is 3.99. The summed E-state index contributed by atoms with van der Waals surface area (Å²) in [5.74, 6) is 13.0. The minimum Gasteiger partial charge on any atom is -0.393 e. The highest BCUT2D eigenvalue weighted by Gasteiger charge is 2.33. The number of benzene rings is 2. The first kappa shape index (κ1) is 37.9. The number of β-amino-alcohol motifs (C(OH)–C–C–N with tert-alkyl or cyclic N) is 1. The molecule has 274 valence electrons. The third-order valence-corrected chi connectivity index (χ3v) is 8.79. The minimum absolute atomic E-state index is 0. The van der Waals surface area contributed by atoms with E-state index in [1.807, 2.05) is 18.0 Å². The number of aliphatic hydroxyl groups is 2. The van der Waals surface area contributed by atoms with Crippen LogP contribution in [0.1, 0.15) is 71.7 Å². The van der Waals surface area contributed by atoms with E-state index < -0.39 is 0 Å². The van der Waals surface area contributed by atoms with E-state index in [2.05, 4.69) is 53.9 Å². The van der Waals surface area contributed by atoms with E-state index in [0.29, 0.717) is 76.5 Å².